The van der Waals surface area contributed by atoms with Gasteiger partial charge in [0.25, 0.3) is 5.91 Å². The van der Waals surface area contributed by atoms with Crippen LogP contribution in [0.2, 0.25) is 10.0 Å². The van der Waals surface area contributed by atoms with Gasteiger partial charge in [-0.05, 0) is 24.6 Å². The topological polar surface area (TPSA) is 66.9 Å². The van der Waals surface area contributed by atoms with Crippen molar-refractivity contribution in [3.8, 4) is 0 Å². The third-order valence-electron chi connectivity index (χ3n) is 2.62. The zero-order valence-electron chi connectivity index (χ0n) is 11.4. The molecule has 0 aliphatic carbocycles. The minimum atomic E-state index is -0.374. The number of halogens is 2. The molecule has 1 amide bonds. The van der Waals surface area contributed by atoms with Gasteiger partial charge in [0.1, 0.15) is 5.69 Å². The molecule has 0 atom stereocenters. The van der Waals surface area contributed by atoms with Gasteiger partial charge in [-0.25, -0.2) is 9.97 Å². The monoisotopic (exact) mass is 324 g/mol. The Labute approximate surface area is 132 Å². The first-order chi connectivity index (χ1) is 10.1. The Bertz CT molecular complexity index is 649. The van der Waals surface area contributed by atoms with Crippen molar-refractivity contribution in [1.29, 1.82) is 0 Å². The molecule has 0 spiro atoms. The fourth-order valence-corrected chi connectivity index (χ4v) is 1.94. The number of hydrogen-bond donors (Lipinski definition) is 2. The molecule has 5 nitrogen and oxygen atoms in total. The van der Waals surface area contributed by atoms with E-state index in [-0.39, 0.29) is 11.6 Å². The summed E-state index contributed by atoms with van der Waals surface area (Å²) in [7, 11) is 0. The predicted octanol–water partition coefficient (Wildman–Crippen LogP) is 3.86. The van der Waals surface area contributed by atoms with Crippen molar-refractivity contribution in [1.82, 2.24) is 9.97 Å². The molecule has 21 heavy (non-hydrogen) atoms. The molecule has 2 rings (SSSR count). The zero-order chi connectivity index (χ0) is 15.2. The standard InChI is InChI=1S/C14H14Cl2N4O/c1-2-7-17-14-18-8-6-11(20-14)13(21)19-10-5-3-4-9(15)12(10)16/h3-6,8H,2,7H2,1H3,(H,19,21)(H,17,18,20). The van der Waals surface area contributed by atoms with Gasteiger partial charge in [0.05, 0.1) is 15.7 Å². The number of amides is 1. The Hall–Kier alpha value is -1.85. The highest BCUT2D eigenvalue weighted by Crippen LogP contribution is 2.29. The number of benzene rings is 1. The summed E-state index contributed by atoms with van der Waals surface area (Å²) >= 11 is 11.9. The first kappa shape index (κ1) is 15.5. The number of carbonyl (C=O) groups excluding carboxylic acids is 1. The lowest BCUT2D eigenvalue weighted by molar-refractivity contribution is 0.102. The maximum absolute atomic E-state index is 12.2. The van der Waals surface area contributed by atoms with E-state index in [9.17, 15) is 4.79 Å². The summed E-state index contributed by atoms with van der Waals surface area (Å²) in [6, 6.07) is 6.56. The van der Waals surface area contributed by atoms with E-state index in [1.54, 1.807) is 18.2 Å². The van der Waals surface area contributed by atoms with E-state index >= 15 is 0 Å². The highest BCUT2D eigenvalue weighted by Gasteiger charge is 2.12. The Kier molecular flexibility index (Phi) is 5.36. The molecular formula is C14H14Cl2N4O. The molecule has 2 aromatic rings. The molecule has 110 valence electrons. The van der Waals surface area contributed by atoms with E-state index in [2.05, 4.69) is 20.6 Å². The number of anilines is 2. The van der Waals surface area contributed by atoms with E-state index in [0.717, 1.165) is 13.0 Å². The Morgan fingerprint density at radius 2 is 2.10 bits per heavy atom. The van der Waals surface area contributed by atoms with Crippen LogP contribution in [0.4, 0.5) is 11.6 Å². The van der Waals surface area contributed by atoms with Crippen LogP contribution in [0.5, 0.6) is 0 Å². The van der Waals surface area contributed by atoms with Gasteiger partial charge in [0.15, 0.2) is 0 Å². The zero-order valence-corrected chi connectivity index (χ0v) is 12.9. The quantitative estimate of drug-likeness (QED) is 0.876. The van der Waals surface area contributed by atoms with Crippen LogP contribution in [0.15, 0.2) is 30.5 Å². The summed E-state index contributed by atoms with van der Waals surface area (Å²) in [5.41, 5.74) is 0.690. The summed E-state index contributed by atoms with van der Waals surface area (Å²) in [5.74, 6) is 0.0443. The lowest BCUT2D eigenvalue weighted by Crippen LogP contribution is -2.15. The van der Waals surface area contributed by atoms with E-state index in [1.807, 2.05) is 6.92 Å². The molecule has 0 saturated heterocycles. The van der Waals surface area contributed by atoms with Crippen LogP contribution in [0.25, 0.3) is 0 Å². The van der Waals surface area contributed by atoms with Crippen LogP contribution in [-0.4, -0.2) is 22.4 Å². The second kappa shape index (κ2) is 7.24. The Morgan fingerprint density at radius 1 is 1.29 bits per heavy atom. The van der Waals surface area contributed by atoms with Gasteiger partial charge < -0.3 is 10.6 Å². The van der Waals surface area contributed by atoms with Gasteiger partial charge in [0, 0.05) is 12.7 Å². The molecule has 7 heteroatoms. The van der Waals surface area contributed by atoms with Gasteiger partial charge in [-0.1, -0.05) is 36.2 Å². The average Bonchev–Trinajstić information content (AvgIpc) is 2.50. The van der Waals surface area contributed by atoms with Crippen molar-refractivity contribution in [2.24, 2.45) is 0 Å². The normalized spacial score (nSPS) is 10.2. The van der Waals surface area contributed by atoms with Gasteiger partial charge in [-0.2, -0.15) is 0 Å². The molecule has 1 aromatic carbocycles. The van der Waals surface area contributed by atoms with Gasteiger partial charge >= 0.3 is 0 Å². The maximum Gasteiger partial charge on any atom is 0.274 e. The summed E-state index contributed by atoms with van der Waals surface area (Å²) < 4.78 is 0. The molecule has 1 heterocycles. The number of aromatic nitrogens is 2. The van der Waals surface area contributed by atoms with Gasteiger partial charge in [-0.15, -0.1) is 0 Å². The van der Waals surface area contributed by atoms with Crippen LogP contribution in [-0.2, 0) is 0 Å². The largest absolute Gasteiger partial charge is 0.354 e. The second-order valence-electron chi connectivity index (χ2n) is 4.25. The minimum absolute atomic E-state index is 0.250. The maximum atomic E-state index is 12.2. The fraction of sp³-hybridized carbons (Fsp3) is 0.214. The summed E-state index contributed by atoms with van der Waals surface area (Å²) in [4.78, 5) is 20.4. The first-order valence-corrected chi connectivity index (χ1v) is 7.19. The lowest BCUT2D eigenvalue weighted by Gasteiger charge is -2.08. The van der Waals surface area contributed by atoms with E-state index in [4.69, 9.17) is 23.2 Å². The minimum Gasteiger partial charge on any atom is -0.354 e. The smallest absolute Gasteiger partial charge is 0.274 e. The van der Waals surface area contributed by atoms with Crippen LogP contribution < -0.4 is 10.6 Å². The number of hydrogen-bond acceptors (Lipinski definition) is 4. The molecule has 0 unspecified atom stereocenters. The highest BCUT2D eigenvalue weighted by atomic mass is 35.5. The molecule has 1 aromatic heterocycles. The summed E-state index contributed by atoms with van der Waals surface area (Å²) in [6.45, 7) is 2.77. The summed E-state index contributed by atoms with van der Waals surface area (Å²) in [5, 5.41) is 6.38. The summed E-state index contributed by atoms with van der Waals surface area (Å²) in [6.07, 6.45) is 2.47. The lowest BCUT2D eigenvalue weighted by atomic mass is 10.3. The van der Waals surface area contributed by atoms with Crippen molar-refractivity contribution < 1.29 is 4.79 Å². The van der Waals surface area contributed by atoms with Crippen molar-refractivity contribution in [2.75, 3.05) is 17.2 Å². The average molecular weight is 325 g/mol. The van der Waals surface area contributed by atoms with Crippen molar-refractivity contribution in [2.45, 2.75) is 13.3 Å². The molecular weight excluding hydrogens is 311 g/mol. The second-order valence-corrected chi connectivity index (χ2v) is 5.03. The van der Waals surface area contributed by atoms with E-state index in [0.29, 0.717) is 21.7 Å². The Morgan fingerprint density at radius 3 is 2.86 bits per heavy atom. The van der Waals surface area contributed by atoms with Crippen LogP contribution >= 0.6 is 23.2 Å². The Balaban J connectivity index is 2.15. The van der Waals surface area contributed by atoms with Crippen LogP contribution in [0.1, 0.15) is 23.8 Å². The fourth-order valence-electron chi connectivity index (χ4n) is 1.59. The number of nitrogens with zero attached hydrogens (tertiary/aromatic N) is 2. The van der Waals surface area contributed by atoms with Crippen molar-refractivity contribution in [3.05, 3.63) is 46.2 Å². The van der Waals surface area contributed by atoms with Crippen molar-refractivity contribution >= 4 is 40.7 Å². The van der Waals surface area contributed by atoms with E-state index < -0.39 is 0 Å². The number of carbonyl (C=O) groups is 1. The van der Waals surface area contributed by atoms with Gasteiger partial charge in [-0.3, -0.25) is 4.79 Å². The molecule has 0 fully saturated rings. The molecule has 0 aliphatic rings. The predicted molar refractivity (Wildman–Crippen MR) is 85.2 cm³/mol. The van der Waals surface area contributed by atoms with Crippen LogP contribution in [0.3, 0.4) is 0 Å². The van der Waals surface area contributed by atoms with Crippen molar-refractivity contribution in [3.63, 3.8) is 0 Å². The van der Waals surface area contributed by atoms with Crippen LogP contribution in [0, 0.1) is 0 Å². The molecule has 0 bridgehead atoms. The molecule has 0 saturated carbocycles. The SMILES string of the molecule is CCCNc1nccc(C(=O)Nc2cccc(Cl)c2Cl)n1. The number of rotatable bonds is 5. The molecule has 2 N–H and O–H groups in total. The molecule has 0 aliphatic heterocycles. The van der Waals surface area contributed by atoms with E-state index in [1.165, 1.54) is 12.3 Å². The molecule has 0 radical (unpaired) electrons. The highest BCUT2D eigenvalue weighted by molar-refractivity contribution is 6.44. The third kappa shape index (κ3) is 4.06. The number of nitrogens with one attached hydrogen (secondary N) is 2. The first-order valence-electron chi connectivity index (χ1n) is 6.44. The van der Waals surface area contributed by atoms with Gasteiger partial charge in [0.2, 0.25) is 5.95 Å². The third-order valence-corrected chi connectivity index (χ3v) is 3.44.